The average Bonchev–Trinajstić information content (AvgIpc) is 2.55. The topological polar surface area (TPSA) is 38.3 Å². The molecule has 0 aliphatic carbocycles. The fraction of sp³-hybridized carbons (Fsp3) is 0.381. The minimum absolute atomic E-state index is 0.0158. The molecule has 0 aromatic heterocycles. The van der Waals surface area contributed by atoms with Crippen LogP contribution in [-0.2, 0) is 10.5 Å². The molecule has 1 N–H and O–H groups in total. The minimum Gasteiger partial charge on any atom is -0.487 e. The number of ether oxygens (including phenoxy) is 1. The molecule has 0 bridgehead atoms. The zero-order valence-electron chi connectivity index (χ0n) is 15.3. The number of carbonyl (C=O) groups is 1. The molecule has 5 heteroatoms. The van der Waals surface area contributed by atoms with Crippen molar-refractivity contribution in [1.29, 1.82) is 0 Å². The number of nitrogens with one attached hydrogen (secondary N) is 1. The third-order valence-electron chi connectivity index (χ3n) is 4.38. The third kappa shape index (κ3) is 4.95. The lowest BCUT2D eigenvalue weighted by molar-refractivity contribution is -0.119. The Labute approximate surface area is 164 Å². The summed E-state index contributed by atoms with van der Waals surface area (Å²) in [5.41, 5.74) is 3.09. The summed E-state index contributed by atoms with van der Waals surface area (Å²) in [5, 5.41) is 3.91. The number of benzene rings is 2. The van der Waals surface area contributed by atoms with Gasteiger partial charge in [-0.1, -0.05) is 35.9 Å². The molecule has 3 rings (SSSR count). The largest absolute Gasteiger partial charge is 0.487 e. The summed E-state index contributed by atoms with van der Waals surface area (Å²) in [4.78, 5) is 12.4. The van der Waals surface area contributed by atoms with E-state index in [1.54, 1.807) is 11.8 Å². The quantitative estimate of drug-likeness (QED) is 0.753. The van der Waals surface area contributed by atoms with Gasteiger partial charge >= 0.3 is 0 Å². The van der Waals surface area contributed by atoms with Crippen LogP contribution in [0.1, 0.15) is 43.0 Å². The average molecular weight is 390 g/mol. The van der Waals surface area contributed by atoms with E-state index in [-0.39, 0.29) is 17.6 Å². The summed E-state index contributed by atoms with van der Waals surface area (Å²) >= 11 is 7.50. The molecule has 2 aromatic carbocycles. The Hall–Kier alpha value is -1.65. The maximum Gasteiger partial charge on any atom is 0.230 e. The van der Waals surface area contributed by atoms with Gasteiger partial charge in [-0.2, -0.15) is 0 Å². The number of rotatable bonds is 5. The summed E-state index contributed by atoms with van der Waals surface area (Å²) in [7, 11) is 0. The van der Waals surface area contributed by atoms with Crippen molar-refractivity contribution in [2.45, 2.75) is 44.6 Å². The molecule has 138 valence electrons. The van der Waals surface area contributed by atoms with Gasteiger partial charge in [-0.25, -0.2) is 0 Å². The molecule has 0 unspecified atom stereocenters. The zero-order chi connectivity index (χ0) is 18.7. The fourth-order valence-electron chi connectivity index (χ4n) is 3.17. The molecule has 26 heavy (non-hydrogen) atoms. The Morgan fingerprint density at radius 2 is 2.00 bits per heavy atom. The lowest BCUT2D eigenvalue weighted by Gasteiger charge is -2.38. The predicted molar refractivity (Wildman–Crippen MR) is 109 cm³/mol. The number of halogens is 1. The first-order valence-corrected chi connectivity index (χ1v) is 10.3. The molecular formula is C21H24ClNO2S. The van der Waals surface area contributed by atoms with Crippen molar-refractivity contribution in [3.8, 4) is 5.75 Å². The van der Waals surface area contributed by atoms with Gasteiger partial charge in [-0.05, 0) is 50.1 Å². The first-order chi connectivity index (χ1) is 12.3. The van der Waals surface area contributed by atoms with Crippen LogP contribution in [-0.4, -0.2) is 17.3 Å². The van der Waals surface area contributed by atoms with Crippen LogP contribution in [0, 0.1) is 6.92 Å². The highest BCUT2D eigenvalue weighted by molar-refractivity contribution is 7.99. The molecule has 0 saturated carbocycles. The van der Waals surface area contributed by atoms with Crippen LogP contribution in [0.2, 0.25) is 5.02 Å². The van der Waals surface area contributed by atoms with Crippen molar-refractivity contribution in [2.75, 3.05) is 5.75 Å². The van der Waals surface area contributed by atoms with E-state index in [0.717, 1.165) is 34.1 Å². The van der Waals surface area contributed by atoms with Gasteiger partial charge in [0.2, 0.25) is 5.91 Å². The number of hydrogen-bond acceptors (Lipinski definition) is 3. The second kappa shape index (κ2) is 7.93. The lowest BCUT2D eigenvalue weighted by Crippen LogP contribution is -2.41. The second-order valence-electron chi connectivity index (χ2n) is 7.35. The number of carbonyl (C=O) groups excluding carboxylic acids is 1. The van der Waals surface area contributed by atoms with Gasteiger partial charge in [0.1, 0.15) is 11.4 Å². The smallest absolute Gasteiger partial charge is 0.230 e. The highest BCUT2D eigenvalue weighted by atomic mass is 35.5. The number of hydrogen-bond donors (Lipinski definition) is 1. The molecule has 0 spiro atoms. The van der Waals surface area contributed by atoms with E-state index in [1.807, 2.05) is 37.3 Å². The van der Waals surface area contributed by atoms with Crippen molar-refractivity contribution in [3.63, 3.8) is 0 Å². The van der Waals surface area contributed by atoms with Gasteiger partial charge < -0.3 is 10.1 Å². The monoisotopic (exact) mass is 389 g/mol. The van der Waals surface area contributed by atoms with E-state index in [2.05, 4.69) is 31.3 Å². The maximum atomic E-state index is 12.4. The SMILES string of the molecule is Cc1ccc2c(c1)OC(C)(C)C[C@H]2NC(=O)CSCc1ccc(Cl)cc1. The Morgan fingerprint density at radius 1 is 1.27 bits per heavy atom. The standard InChI is InChI=1S/C21H24ClNO2S/c1-14-4-9-17-18(11-21(2,3)25-19(17)10-14)23-20(24)13-26-12-15-5-7-16(22)8-6-15/h4-10,18H,11-13H2,1-3H3,(H,23,24)/t18-/m1/s1. The Kier molecular flexibility index (Phi) is 5.83. The van der Waals surface area contributed by atoms with Gasteiger partial charge in [0.05, 0.1) is 11.8 Å². The van der Waals surface area contributed by atoms with E-state index < -0.39 is 0 Å². The number of aryl methyl sites for hydroxylation is 1. The third-order valence-corrected chi connectivity index (χ3v) is 5.63. The summed E-state index contributed by atoms with van der Waals surface area (Å²) in [6, 6.07) is 13.9. The summed E-state index contributed by atoms with van der Waals surface area (Å²) in [6.07, 6.45) is 0.761. The molecule has 1 heterocycles. The molecule has 2 aromatic rings. The summed E-state index contributed by atoms with van der Waals surface area (Å²) < 4.78 is 6.09. The van der Waals surface area contributed by atoms with Crippen LogP contribution < -0.4 is 10.1 Å². The zero-order valence-corrected chi connectivity index (χ0v) is 16.9. The van der Waals surface area contributed by atoms with Crippen LogP contribution in [0.5, 0.6) is 5.75 Å². The molecule has 3 nitrogen and oxygen atoms in total. The molecule has 0 saturated heterocycles. The van der Waals surface area contributed by atoms with Crippen LogP contribution in [0.3, 0.4) is 0 Å². The summed E-state index contributed by atoms with van der Waals surface area (Å²) in [5.74, 6) is 2.15. The van der Waals surface area contributed by atoms with Gasteiger partial charge in [-0.15, -0.1) is 11.8 Å². The Morgan fingerprint density at radius 3 is 2.73 bits per heavy atom. The molecule has 1 atom stereocenters. The van der Waals surface area contributed by atoms with E-state index in [1.165, 1.54) is 5.56 Å². The van der Waals surface area contributed by atoms with Crippen molar-refractivity contribution < 1.29 is 9.53 Å². The Balaban J connectivity index is 1.59. The van der Waals surface area contributed by atoms with E-state index >= 15 is 0 Å². The molecular weight excluding hydrogens is 366 g/mol. The lowest BCUT2D eigenvalue weighted by atomic mass is 9.89. The molecule has 1 amide bonds. The van der Waals surface area contributed by atoms with Crippen molar-refractivity contribution >= 4 is 29.3 Å². The summed E-state index contributed by atoms with van der Waals surface area (Å²) in [6.45, 7) is 6.17. The second-order valence-corrected chi connectivity index (χ2v) is 8.77. The molecule has 0 fully saturated rings. The predicted octanol–water partition coefficient (Wildman–Crippen LogP) is 5.30. The number of thioether (sulfide) groups is 1. The highest BCUT2D eigenvalue weighted by Gasteiger charge is 2.34. The molecule has 0 radical (unpaired) electrons. The molecule has 1 aliphatic rings. The first-order valence-electron chi connectivity index (χ1n) is 8.73. The number of fused-ring (bicyclic) bond motifs is 1. The van der Waals surface area contributed by atoms with Gasteiger partial charge in [-0.3, -0.25) is 4.79 Å². The van der Waals surface area contributed by atoms with Gasteiger partial charge in [0.25, 0.3) is 0 Å². The normalized spacial score (nSPS) is 17.9. The fourth-order valence-corrected chi connectivity index (χ4v) is 4.09. The number of amides is 1. The van der Waals surface area contributed by atoms with E-state index in [4.69, 9.17) is 16.3 Å². The minimum atomic E-state index is -0.296. The van der Waals surface area contributed by atoms with Crippen LogP contribution in [0.25, 0.3) is 0 Å². The first kappa shape index (κ1) is 19.1. The molecule has 1 aliphatic heterocycles. The van der Waals surface area contributed by atoms with Crippen molar-refractivity contribution in [2.24, 2.45) is 0 Å². The van der Waals surface area contributed by atoms with Crippen LogP contribution >= 0.6 is 23.4 Å². The Bertz CT molecular complexity index is 789. The van der Waals surface area contributed by atoms with Gasteiger partial charge in [0.15, 0.2) is 0 Å². The van der Waals surface area contributed by atoms with E-state index in [9.17, 15) is 4.79 Å². The van der Waals surface area contributed by atoms with Crippen LogP contribution in [0.4, 0.5) is 0 Å². The van der Waals surface area contributed by atoms with Gasteiger partial charge in [0, 0.05) is 22.8 Å². The van der Waals surface area contributed by atoms with Crippen LogP contribution in [0.15, 0.2) is 42.5 Å². The maximum absolute atomic E-state index is 12.4. The van der Waals surface area contributed by atoms with Crippen molar-refractivity contribution in [3.05, 3.63) is 64.2 Å². The van der Waals surface area contributed by atoms with Crippen molar-refractivity contribution in [1.82, 2.24) is 5.32 Å². The highest BCUT2D eigenvalue weighted by Crippen LogP contribution is 2.39. The van der Waals surface area contributed by atoms with E-state index in [0.29, 0.717) is 5.75 Å².